The fourth-order valence-electron chi connectivity index (χ4n) is 0.622. The molecule has 62 valence electrons. The van der Waals surface area contributed by atoms with E-state index >= 15 is 0 Å². The molecule has 0 aliphatic rings. The molecule has 2 N–H and O–H groups in total. The van der Waals surface area contributed by atoms with E-state index in [0.29, 0.717) is 6.41 Å². The molecule has 0 saturated heterocycles. The average molecular weight is 187 g/mol. The summed E-state index contributed by atoms with van der Waals surface area (Å²) in [5, 5.41) is 10.7. The zero-order valence-electron chi connectivity index (χ0n) is 8.70. The van der Waals surface area contributed by atoms with Gasteiger partial charge < -0.3 is 13.3 Å². The van der Waals surface area contributed by atoms with Crippen LogP contribution in [0.5, 0.6) is 0 Å². The van der Waals surface area contributed by atoms with E-state index in [9.17, 15) is 9.59 Å². The number of hydrogen-bond acceptors (Lipinski definition) is 2. The minimum Gasteiger partial charge on any atom is -1.00 e. The number of amides is 1. The molecular formula is C6H13CaNO3. The molecule has 0 aromatic heterocycles. The van der Waals surface area contributed by atoms with Crippen molar-refractivity contribution in [1.29, 1.82) is 0 Å². The molecule has 0 rings (SSSR count). The van der Waals surface area contributed by atoms with E-state index in [0.717, 1.165) is 0 Å². The summed E-state index contributed by atoms with van der Waals surface area (Å²) in [6.45, 7) is 3.46. The SMILES string of the molecule is CC(C)[C@H](NC=O)C(=O)O.[Ca+2].[H-].[H-]. The average Bonchev–Trinajstić information content (AvgIpc) is 1.81. The molecule has 0 heterocycles. The first kappa shape index (κ1) is 13.8. The first-order valence-electron chi connectivity index (χ1n) is 3.02. The molecule has 0 aliphatic heterocycles. The van der Waals surface area contributed by atoms with Crippen molar-refractivity contribution in [3.8, 4) is 0 Å². The van der Waals surface area contributed by atoms with Crippen molar-refractivity contribution >= 4 is 50.1 Å². The number of rotatable bonds is 4. The molecule has 0 aromatic carbocycles. The topological polar surface area (TPSA) is 66.4 Å². The Morgan fingerprint density at radius 2 is 2.09 bits per heavy atom. The predicted molar refractivity (Wildman–Crippen MR) is 43.4 cm³/mol. The van der Waals surface area contributed by atoms with E-state index in [1.807, 2.05) is 0 Å². The molecule has 0 spiro atoms. The van der Waals surface area contributed by atoms with Crippen molar-refractivity contribution in [1.82, 2.24) is 5.32 Å². The molecule has 0 aromatic rings. The van der Waals surface area contributed by atoms with Crippen LogP contribution in [0, 0.1) is 5.92 Å². The molecule has 0 fully saturated rings. The van der Waals surface area contributed by atoms with Gasteiger partial charge in [0.15, 0.2) is 0 Å². The molecule has 4 nitrogen and oxygen atoms in total. The Morgan fingerprint density at radius 1 is 1.64 bits per heavy atom. The monoisotopic (exact) mass is 187 g/mol. The molecule has 0 saturated carbocycles. The molecule has 0 bridgehead atoms. The van der Waals surface area contributed by atoms with Gasteiger partial charge in [-0.25, -0.2) is 4.79 Å². The van der Waals surface area contributed by atoms with Crippen molar-refractivity contribution in [2.24, 2.45) is 5.92 Å². The van der Waals surface area contributed by atoms with Gasteiger partial charge in [-0.15, -0.1) is 0 Å². The van der Waals surface area contributed by atoms with Gasteiger partial charge >= 0.3 is 43.7 Å². The Hall–Kier alpha value is 0.200. The maximum atomic E-state index is 10.3. The summed E-state index contributed by atoms with van der Waals surface area (Å²) in [5.74, 6) is -1.08. The summed E-state index contributed by atoms with van der Waals surface area (Å²) in [7, 11) is 0. The fourth-order valence-corrected chi connectivity index (χ4v) is 0.622. The van der Waals surface area contributed by atoms with Crippen molar-refractivity contribution in [3.05, 3.63) is 0 Å². The van der Waals surface area contributed by atoms with Crippen LogP contribution >= 0.6 is 0 Å². The molecular weight excluding hydrogens is 174 g/mol. The van der Waals surface area contributed by atoms with Crippen LogP contribution in [0.15, 0.2) is 0 Å². The molecule has 1 amide bonds. The second kappa shape index (κ2) is 6.88. The smallest absolute Gasteiger partial charge is 1.00 e. The van der Waals surface area contributed by atoms with Crippen LogP contribution in [0.2, 0.25) is 0 Å². The van der Waals surface area contributed by atoms with Crippen LogP contribution in [-0.4, -0.2) is 61.3 Å². The summed E-state index contributed by atoms with van der Waals surface area (Å²) in [6.07, 6.45) is 0.402. The van der Waals surface area contributed by atoms with Crippen LogP contribution in [0.4, 0.5) is 0 Å². The van der Waals surface area contributed by atoms with Gasteiger partial charge in [0.1, 0.15) is 6.04 Å². The van der Waals surface area contributed by atoms with E-state index in [-0.39, 0.29) is 46.5 Å². The Bertz CT molecular complexity index is 146. The zero-order chi connectivity index (χ0) is 8.15. The minimum absolute atomic E-state index is 0. The molecule has 11 heavy (non-hydrogen) atoms. The van der Waals surface area contributed by atoms with Crippen LogP contribution in [0.25, 0.3) is 0 Å². The van der Waals surface area contributed by atoms with Gasteiger partial charge in [-0.3, -0.25) is 4.79 Å². The second-order valence-corrected chi connectivity index (χ2v) is 2.34. The first-order chi connectivity index (χ1) is 4.59. The predicted octanol–water partition coefficient (Wildman–Crippen LogP) is -0.314. The standard InChI is InChI=1S/C6H11NO3.Ca.2H/c1-4(2)5(6(9)10)7-3-8;;;/h3-5H,1-2H3,(H,7,8)(H,9,10);;;/q;+2;2*-1/t5-;;;/m0.../s1. The van der Waals surface area contributed by atoms with Crippen molar-refractivity contribution in [2.75, 3.05) is 0 Å². The zero-order valence-corrected chi connectivity index (χ0v) is 8.91. The molecule has 0 aliphatic carbocycles. The number of aliphatic carboxylic acids is 1. The van der Waals surface area contributed by atoms with Crippen molar-refractivity contribution < 1.29 is 17.5 Å². The summed E-state index contributed by atoms with van der Waals surface area (Å²) >= 11 is 0. The Morgan fingerprint density at radius 3 is 2.18 bits per heavy atom. The third kappa shape index (κ3) is 5.47. The molecule has 0 radical (unpaired) electrons. The van der Waals surface area contributed by atoms with Gasteiger partial charge in [0, 0.05) is 0 Å². The largest absolute Gasteiger partial charge is 2.00 e. The van der Waals surface area contributed by atoms with Gasteiger partial charge in [-0.1, -0.05) is 13.8 Å². The van der Waals surface area contributed by atoms with Gasteiger partial charge in [0.25, 0.3) is 0 Å². The van der Waals surface area contributed by atoms with E-state index in [2.05, 4.69) is 5.32 Å². The van der Waals surface area contributed by atoms with Gasteiger partial charge in [-0.05, 0) is 5.92 Å². The number of carbonyl (C=O) groups is 2. The summed E-state index contributed by atoms with van der Waals surface area (Å²) < 4.78 is 0. The summed E-state index contributed by atoms with van der Waals surface area (Å²) in [6, 6.07) is -0.766. The van der Waals surface area contributed by atoms with Crippen LogP contribution in [-0.2, 0) is 9.59 Å². The normalized spacial score (nSPS) is 11.5. The van der Waals surface area contributed by atoms with Gasteiger partial charge in [0.2, 0.25) is 6.41 Å². The van der Waals surface area contributed by atoms with Crippen LogP contribution in [0.3, 0.4) is 0 Å². The molecule has 5 heteroatoms. The number of hydrogen-bond donors (Lipinski definition) is 2. The Kier molecular flexibility index (Phi) is 8.61. The Balaban J connectivity index is -0.000000135. The number of nitrogens with one attached hydrogen (secondary N) is 1. The van der Waals surface area contributed by atoms with E-state index in [1.165, 1.54) is 0 Å². The number of carboxylic acids is 1. The second-order valence-electron chi connectivity index (χ2n) is 2.34. The van der Waals surface area contributed by atoms with E-state index in [1.54, 1.807) is 13.8 Å². The maximum Gasteiger partial charge on any atom is 2.00 e. The maximum absolute atomic E-state index is 10.3. The molecule has 1 atom stereocenters. The number of carboxylic acid groups (broad SMARTS) is 1. The van der Waals surface area contributed by atoms with Crippen molar-refractivity contribution in [3.63, 3.8) is 0 Å². The summed E-state index contributed by atoms with van der Waals surface area (Å²) in [5.41, 5.74) is 0. The van der Waals surface area contributed by atoms with Gasteiger partial charge in [-0.2, -0.15) is 0 Å². The van der Waals surface area contributed by atoms with E-state index in [4.69, 9.17) is 5.11 Å². The quantitative estimate of drug-likeness (QED) is 0.468. The third-order valence-electron chi connectivity index (χ3n) is 1.18. The van der Waals surface area contributed by atoms with Crippen molar-refractivity contribution in [2.45, 2.75) is 19.9 Å². The Labute approximate surface area is 98.3 Å². The van der Waals surface area contributed by atoms with Gasteiger partial charge in [0.05, 0.1) is 0 Å². The van der Waals surface area contributed by atoms with E-state index < -0.39 is 12.0 Å². The third-order valence-corrected chi connectivity index (χ3v) is 1.18. The minimum atomic E-state index is -0.998. The fraction of sp³-hybridized carbons (Fsp3) is 0.667. The van der Waals surface area contributed by atoms with Crippen LogP contribution in [0.1, 0.15) is 16.7 Å². The number of carbonyl (C=O) groups excluding carboxylic acids is 1. The van der Waals surface area contributed by atoms with Crippen LogP contribution < -0.4 is 5.32 Å². The molecule has 0 unspecified atom stereocenters. The summed E-state index contributed by atoms with van der Waals surface area (Å²) in [4.78, 5) is 20.2. The first-order valence-corrected chi connectivity index (χ1v) is 3.02.